The Hall–Kier alpha value is -1.75. The van der Waals surface area contributed by atoms with E-state index in [9.17, 15) is 0 Å². The predicted octanol–water partition coefficient (Wildman–Crippen LogP) is 4.24. The van der Waals surface area contributed by atoms with Crippen LogP contribution in [0.15, 0.2) is 29.4 Å². The molecular weight excluding hydrogens is 280 g/mol. The Morgan fingerprint density at radius 1 is 1.24 bits per heavy atom. The third-order valence-corrected chi connectivity index (χ3v) is 3.51. The van der Waals surface area contributed by atoms with Crippen molar-refractivity contribution >= 4 is 18.4 Å². The van der Waals surface area contributed by atoms with Crippen molar-refractivity contribution in [3.8, 4) is 0 Å². The zero-order valence-electron chi connectivity index (χ0n) is 13.2. The van der Waals surface area contributed by atoms with Crippen molar-refractivity contribution in [2.75, 3.05) is 0 Å². The number of aromatic nitrogens is 3. The quantitative estimate of drug-likeness (QED) is 0.680. The summed E-state index contributed by atoms with van der Waals surface area (Å²) in [5, 5.41) is 11.5. The molecule has 0 fully saturated rings. The van der Waals surface area contributed by atoms with Crippen molar-refractivity contribution in [3.05, 3.63) is 46.0 Å². The predicted molar refractivity (Wildman–Crippen MR) is 89.6 cm³/mol. The molecule has 112 valence electrons. The number of rotatable bonds is 3. The van der Waals surface area contributed by atoms with E-state index in [-0.39, 0.29) is 5.41 Å². The number of H-pyrrole nitrogens is 1. The van der Waals surface area contributed by atoms with Gasteiger partial charge in [0.25, 0.3) is 0 Å². The molecule has 0 saturated carbocycles. The fourth-order valence-corrected chi connectivity index (χ4v) is 2.15. The number of hydrogen-bond acceptors (Lipinski definition) is 3. The monoisotopic (exact) mass is 302 g/mol. The van der Waals surface area contributed by atoms with E-state index in [0.717, 1.165) is 11.4 Å². The molecule has 0 bridgehead atoms. The topological polar surface area (TPSA) is 46.0 Å². The molecule has 1 N–H and O–H groups in total. The molecule has 0 radical (unpaired) electrons. The van der Waals surface area contributed by atoms with E-state index in [2.05, 4.69) is 74.2 Å². The van der Waals surface area contributed by atoms with E-state index in [0.29, 0.717) is 10.7 Å². The second-order valence-electron chi connectivity index (χ2n) is 6.48. The molecule has 0 spiro atoms. The second-order valence-corrected chi connectivity index (χ2v) is 6.87. The van der Waals surface area contributed by atoms with Gasteiger partial charge in [-0.1, -0.05) is 58.9 Å². The lowest BCUT2D eigenvalue weighted by molar-refractivity contribution is 0.516. The molecule has 0 amide bonds. The van der Waals surface area contributed by atoms with Crippen LogP contribution in [0.4, 0.5) is 0 Å². The van der Waals surface area contributed by atoms with Gasteiger partial charge in [0.1, 0.15) is 0 Å². The minimum atomic E-state index is -0.119. The number of benzene rings is 1. The first kappa shape index (κ1) is 15.6. The normalized spacial score (nSPS) is 12.5. The maximum absolute atomic E-state index is 5.24. The van der Waals surface area contributed by atoms with Gasteiger partial charge in [-0.15, -0.1) is 0 Å². The first-order chi connectivity index (χ1) is 9.79. The summed E-state index contributed by atoms with van der Waals surface area (Å²) in [6, 6.07) is 8.40. The Bertz CT molecular complexity index is 684. The zero-order valence-corrected chi connectivity index (χ0v) is 14.0. The van der Waals surface area contributed by atoms with Crippen LogP contribution in [0.25, 0.3) is 0 Å². The van der Waals surface area contributed by atoms with Gasteiger partial charge in [-0.2, -0.15) is 14.9 Å². The summed E-state index contributed by atoms with van der Waals surface area (Å²) in [4.78, 5) is 0. The second kappa shape index (κ2) is 5.93. The smallest absolute Gasteiger partial charge is 0.216 e. The maximum Gasteiger partial charge on any atom is 0.216 e. The van der Waals surface area contributed by atoms with Crippen molar-refractivity contribution in [2.24, 2.45) is 5.10 Å². The standard InChI is InChI=1S/C16H22N4S/c1-11(2)13-8-6-12(7-9-13)10-17-20-14(16(3,4)5)18-19-15(20)21/h6-11H,1-5H3,(H,19,21)/b17-10-. The first-order valence-electron chi connectivity index (χ1n) is 7.11. The molecule has 0 saturated heterocycles. The fraction of sp³-hybridized carbons (Fsp3) is 0.438. The lowest BCUT2D eigenvalue weighted by Gasteiger charge is -2.15. The van der Waals surface area contributed by atoms with Crippen LogP contribution in [-0.4, -0.2) is 21.1 Å². The minimum absolute atomic E-state index is 0.119. The Morgan fingerprint density at radius 3 is 2.38 bits per heavy atom. The molecule has 0 aliphatic carbocycles. The third-order valence-electron chi connectivity index (χ3n) is 3.25. The highest BCUT2D eigenvalue weighted by atomic mass is 32.1. The number of nitrogens with zero attached hydrogens (tertiary/aromatic N) is 3. The summed E-state index contributed by atoms with van der Waals surface area (Å²) in [7, 11) is 0. The van der Waals surface area contributed by atoms with Gasteiger partial charge in [-0.25, -0.2) is 0 Å². The van der Waals surface area contributed by atoms with Gasteiger partial charge in [0.15, 0.2) is 5.82 Å². The van der Waals surface area contributed by atoms with Gasteiger partial charge in [0, 0.05) is 5.41 Å². The van der Waals surface area contributed by atoms with Crippen molar-refractivity contribution in [1.29, 1.82) is 0 Å². The molecule has 0 atom stereocenters. The van der Waals surface area contributed by atoms with Crippen molar-refractivity contribution in [3.63, 3.8) is 0 Å². The van der Waals surface area contributed by atoms with E-state index in [1.165, 1.54) is 5.56 Å². The first-order valence-corrected chi connectivity index (χ1v) is 7.52. The highest BCUT2D eigenvalue weighted by Crippen LogP contribution is 2.20. The van der Waals surface area contributed by atoms with E-state index < -0.39 is 0 Å². The van der Waals surface area contributed by atoms with Crippen LogP contribution in [-0.2, 0) is 5.41 Å². The van der Waals surface area contributed by atoms with Gasteiger partial charge >= 0.3 is 0 Å². The summed E-state index contributed by atoms with van der Waals surface area (Å²) < 4.78 is 2.20. The van der Waals surface area contributed by atoms with Crippen LogP contribution in [0, 0.1) is 4.77 Å². The molecule has 0 aliphatic heterocycles. The van der Waals surface area contributed by atoms with E-state index in [1.54, 1.807) is 4.68 Å². The van der Waals surface area contributed by atoms with Crippen LogP contribution >= 0.6 is 12.2 Å². The lowest BCUT2D eigenvalue weighted by atomic mass is 9.96. The molecule has 5 heteroatoms. The summed E-state index contributed by atoms with van der Waals surface area (Å²) >= 11 is 5.24. The van der Waals surface area contributed by atoms with Gasteiger partial charge in [0.05, 0.1) is 6.21 Å². The zero-order chi connectivity index (χ0) is 15.6. The van der Waals surface area contributed by atoms with E-state index in [4.69, 9.17) is 12.2 Å². The summed E-state index contributed by atoms with van der Waals surface area (Å²) in [5.74, 6) is 1.36. The summed E-state index contributed by atoms with van der Waals surface area (Å²) in [5.41, 5.74) is 2.25. The van der Waals surface area contributed by atoms with Crippen molar-refractivity contribution in [1.82, 2.24) is 14.9 Å². The Morgan fingerprint density at radius 2 is 1.86 bits per heavy atom. The minimum Gasteiger partial charge on any atom is -0.250 e. The van der Waals surface area contributed by atoms with Gasteiger partial charge in [0.2, 0.25) is 4.77 Å². The summed E-state index contributed by atoms with van der Waals surface area (Å²) in [6.45, 7) is 10.6. The molecule has 1 aromatic heterocycles. The van der Waals surface area contributed by atoms with Gasteiger partial charge in [-0.3, -0.25) is 5.10 Å². The van der Waals surface area contributed by atoms with Crippen LogP contribution in [0.1, 0.15) is 57.5 Å². The van der Waals surface area contributed by atoms with E-state index in [1.807, 2.05) is 6.21 Å². The molecule has 0 unspecified atom stereocenters. The SMILES string of the molecule is CC(C)c1ccc(/C=N\n2c(C(C)(C)C)n[nH]c2=S)cc1. The summed E-state index contributed by atoms with van der Waals surface area (Å²) in [6.07, 6.45) is 1.81. The molecule has 0 aliphatic rings. The highest BCUT2D eigenvalue weighted by molar-refractivity contribution is 7.71. The Labute approximate surface area is 130 Å². The lowest BCUT2D eigenvalue weighted by Crippen LogP contribution is -2.17. The number of aromatic amines is 1. The highest BCUT2D eigenvalue weighted by Gasteiger charge is 2.21. The van der Waals surface area contributed by atoms with Crippen LogP contribution < -0.4 is 0 Å². The average molecular weight is 302 g/mol. The maximum atomic E-state index is 5.24. The molecular formula is C16H22N4S. The molecule has 1 heterocycles. The fourth-order valence-electron chi connectivity index (χ4n) is 1.98. The van der Waals surface area contributed by atoms with E-state index >= 15 is 0 Å². The van der Waals surface area contributed by atoms with Gasteiger partial charge in [-0.05, 0) is 29.3 Å². The van der Waals surface area contributed by atoms with Crippen LogP contribution in [0.5, 0.6) is 0 Å². The van der Waals surface area contributed by atoms with Crippen molar-refractivity contribution in [2.45, 2.75) is 46.0 Å². The van der Waals surface area contributed by atoms with Crippen LogP contribution in [0.3, 0.4) is 0 Å². The molecule has 21 heavy (non-hydrogen) atoms. The average Bonchev–Trinajstić information content (AvgIpc) is 2.78. The van der Waals surface area contributed by atoms with Gasteiger partial charge < -0.3 is 0 Å². The van der Waals surface area contributed by atoms with Crippen molar-refractivity contribution < 1.29 is 0 Å². The molecule has 4 nitrogen and oxygen atoms in total. The Balaban J connectivity index is 2.30. The number of nitrogens with one attached hydrogen (secondary N) is 1. The van der Waals surface area contributed by atoms with Crippen LogP contribution in [0.2, 0.25) is 0 Å². The molecule has 1 aromatic carbocycles. The number of hydrogen-bond donors (Lipinski definition) is 1. The Kier molecular flexibility index (Phi) is 4.42. The largest absolute Gasteiger partial charge is 0.250 e. The third kappa shape index (κ3) is 3.67. The molecule has 2 rings (SSSR count). The molecule has 2 aromatic rings.